The minimum Gasteiger partial charge on any atom is -0.340 e. The molecular formula is C15H24ClN3O2. The predicted octanol–water partition coefficient (Wildman–Crippen LogP) is 1.80. The van der Waals surface area contributed by atoms with Gasteiger partial charge in [-0.2, -0.15) is 0 Å². The summed E-state index contributed by atoms with van der Waals surface area (Å²) in [7, 11) is 0. The van der Waals surface area contributed by atoms with Crippen LogP contribution in [-0.2, 0) is 4.79 Å². The van der Waals surface area contributed by atoms with Gasteiger partial charge in [0.25, 0.3) is 0 Å². The fourth-order valence-corrected chi connectivity index (χ4v) is 4.05. The molecule has 2 heterocycles. The summed E-state index contributed by atoms with van der Waals surface area (Å²) < 4.78 is 0. The number of amides is 3. The van der Waals surface area contributed by atoms with Gasteiger partial charge in [-0.05, 0) is 38.5 Å². The minimum atomic E-state index is 0.0250. The molecule has 3 aliphatic rings. The standard InChI is InChI=1S/C15H24ClN3O2/c16-12-5-3-11(4-6-12)14(20)18-8-1-2-13(10-18)19-9-7-17-15(19)21/h11-13H,1-10H2,(H,17,21). The van der Waals surface area contributed by atoms with Crippen LogP contribution in [0.1, 0.15) is 38.5 Å². The van der Waals surface area contributed by atoms with Gasteiger partial charge >= 0.3 is 6.03 Å². The molecule has 118 valence electrons. The number of likely N-dealkylation sites (tertiary alicyclic amines) is 1. The van der Waals surface area contributed by atoms with Crippen molar-refractivity contribution in [2.24, 2.45) is 5.92 Å². The Hall–Kier alpha value is -0.970. The minimum absolute atomic E-state index is 0.0250. The van der Waals surface area contributed by atoms with E-state index in [1.165, 1.54) is 0 Å². The highest BCUT2D eigenvalue weighted by Crippen LogP contribution is 2.30. The second kappa shape index (κ2) is 6.42. The van der Waals surface area contributed by atoms with E-state index in [4.69, 9.17) is 11.6 Å². The van der Waals surface area contributed by atoms with E-state index in [1.807, 2.05) is 9.80 Å². The summed E-state index contributed by atoms with van der Waals surface area (Å²) in [6, 6.07) is 0.214. The van der Waals surface area contributed by atoms with Crippen molar-refractivity contribution in [2.45, 2.75) is 49.9 Å². The molecule has 0 spiro atoms. The molecule has 1 aliphatic carbocycles. The number of alkyl halides is 1. The summed E-state index contributed by atoms with van der Waals surface area (Å²) in [5, 5.41) is 3.09. The second-order valence-corrected chi connectivity index (χ2v) is 7.07. The molecule has 3 amide bonds. The Kier molecular flexibility index (Phi) is 4.57. The molecule has 1 N–H and O–H groups in total. The Morgan fingerprint density at radius 2 is 1.90 bits per heavy atom. The van der Waals surface area contributed by atoms with E-state index in [1.54, 1.807) is 0 Å². The smallest absolute Gasteiger partial charge is 0.317 e. The van der Waals surface area contributed by atoms with E-state index < -0.39 is 0 Å². The molecule has 21 heavy (non-hydrogen) atoms. The van der Waals surface area contributed by atoms with Gasteiger partial charge in [0.15, 0.2) is 0 Å². The van der Waals surface area contributed by atoms with Gasteiger partial charge in [0.2, 0.25) is 5.91 Å². The number of urea groups is 1. The fraction of sp³-hybridized carbons (Fsp3) is 0.867. The highest BCUT2D eigenvalue weighted by molar-refractivity contribution is 6.20. The topological polar surface area (TPSA) is 52.7 Å². The first-order valence-electron chi connectivity index (χ1n) is 8.12. The lowest BCUT2D eigenvalue weighted by molar-refractivity contribution is -0.138. The molecule has 0 bridgehead atoms. The monoisotopic (exact) mass is 313 g/mol. The van der Waals surface area contributed by atoms with Crippen LogP contribution >= 0.6 is 11.6 Å². The maximum Gasteiger partial charge on any atom is 0.317 e. The zero-order chi connectivity index (χ0) is 14.8. The summed E-state index contributed by atoms with van der Waals surface area (Å²) in [5.74, 6) is 0.425. The summed E-state index contributed by atoms with van der Waals surface area (Å²) in [5.41, 5.74) is 0. The summed E-state index contributed by atoms with van der Waals surface area (Å²) in [6.07, 6.45) is 5.72. The van der Waals surface area contributed by atoms with Crippen LogP contribution in [0.5, 0.6) is 0 Å². The van der Waals surface area contributed by atoms with Crippen molar-refractivity contribution in [2.75, 3.05) is 26.2 Å². The third kappa shape index (κ3) is 3.28. The quantitative estimate of drug-likeness (QED) is 0.790. The third-order valence-electron chi connectivity index (χ3n) is 5.04. The van der Waals surface area contributed by atoms with Crippen LogP contribution in [-0.4, -0.2) is 59.3 Å². The molecule has 0 aromatic carbocycles. The lowest BCUT2D eigenvalue weighted by Crippen LogP contribution is -2.52. The highest BCUT2D eigenvalue weighted by atomic mass is 35.5. The molecule has 0 aromatic heterocycles. The summed E-state index contributed by atoms with van der Waals surface area (Å²) in [4.78, 5) is 28.3. The number of nitrogens with one attached hydrogen (secondary N) is 1. The van der Waals surface area contributed by atoms with E-state index in [-0.39, 0.29) is 29.3 Å². The van der Waals surface area contributed by atoms with Gasteiger partial charge in [-0.25, -0.2) is 4.79 Å². The van der Waals surface area contributed by atoms with E-state index in [0.29, 0.717) is 6.54 Å². The third-order valence-corrected chi connectivity index (χ3v) is 5.48. The van der Waals surface area contributed by atoms with Gasteiger partial charge in [-0.1, -0.05) is 0 Å². The van der Waals surface area contributed by atoms with Gasteiger partial charge < -0.3 is 15.1 Å². The van der Waals surface area contributed by atoms with E-state index in [9.17, 15) is 9.59 Å². The molecule has 1 saturated carbocycles. The molecule has 3 rings (SSSR count). The Labute approximate surface area is 131 Å². The molecule has 1 atom stereocenters. The Bertz CT molecular complexity index is 410. The van der Waals surface area contributed by atoms with Crippen LogP contribution in [0.25, 0.3) is 0 Å². The Balaban J connectivity index is 1.57. The van der Waals surface area contributed by atoms with Crippen molar-refractivity contribution in [3.8, 4) is 0 Å². The number of piperidine rings is 1. The summed E-state index contributed by atoms with van der Waals surface area (Å²) >= 11 is 6.12. The molecule has 3 fully saturated rings. The fourth-order valence-electron chi connectivity index (χ4n) is 3.80. The average Bonchev–Trinajstić information content (AvgIpc) is 2.94. The van der Waals surface area contributed by atoms with Crippen molar-refractivity contribution in [1.82, 2.24) is 15.1 Å². The summed E-state index contributed by atoms with van der Waals surface area (Å²) in [6.45, 7) is 3.03. The molecule has 5 nitrogen and oxygen atoms in total. The number of hydrogen-bond acceptors (Lipinski definition) is 2. The highest BCUT2D eigenvalue weighted by Gasteiger charge is 2.35. The Morgan fingerprint density at radius 3 is 2.57 bits per heavy atom. The number of carbonyl (C=O) groups is 2. The van der Waals surface area contributed by atoms with E-state index in [0.717, 1.165) is 58.2 Å². The van der Waals surface area contributed by atoms with Gasteiger partial charge in [-0.3, -0.25) is 4.79 Å². The average molecular weight is 314 g/mol. The van der Waals surface area contributed by atoms with Crippen LogP contribution < -0.4 is 5.32 Å². The van der Waals surface area contributed by atoms with Crippen LogP contribution in [0.2, 0.25) is 0 Å². The molecule has 6 heteroatoms. The molecule has 0 aromatic rings. The predicted molar refractivity (Wildman–Crippen MR) is 81.3 cm³/mol. The van der Waals surface area contributed by atoms with Gasteiger partial charge in [0, 0.05) is 37.5 Å². The zero-order valence-electron chi connectivity index (χ0n) is 12.4. The molecule has 0 radical (unpaired) electrons. The lowest BCUT2D eigenvalue weighted by Gasteiger charge is -2.39. The first-order valence-corrected chi connectivity index (χ1v) is 8.56. The van der Waals surface area contributed by atoms with E-state index in [2.05, 4.69) is 5.32 Å². The number of halogens is 1. The maximum atomic E-state index is 12.7. The molecule has 2 aliphatic heterocycles. The van der Waals surface area contributed by atoms with Crippen molar-refractivity contribution in [3.63, 3.8) is 0 Å². The molecular weight excluding hydrogens is 290 g/mol. The normalized spacial score (nSPS) is 34.0. The van der Waals surface area contributed by atoms with Gasteiger partial charge in [-0.15, -0.1) is 11.6 Å². The zero-order valence-corrected chi connectivity index (χ0v) is 13.1. The number of rotatable bonds is 2. The van der Waals surface area contributed by atoms with Crippen molar-refractivity contribution >= 4 is 23.5 Å². The lowest BCUT2D eigenvalue weighted by atomic mass is 9.87. The van der Waals surface area contributed by atoms with Crippen LogP contribution in [0.15, 0.2) is 0 Å². The van der Waals surface area contributed by atoms with Crippen LogP contribution in [0, 0.1) is 5.92 Å². The van der Waals surface area contributed by atoms with Crippen molar-refractivity contribution in [3.05, 3.63) is 0 Å². The Morgan fingerprint density at radius 1 is 1.14 bits per heavy atom. The number of hydrogen-bond donors (Lipinski definition) is 1. The van der Waals surface area contributed by atoms with Crippen molar-refractivity contribution < 1.29 is 9.59 Å². The number of carbonyl (C=O) groups excluding carboxylic acids is 2. The number of nitrogens with zero attached hydrogens (tertiary/aromatic N) is 2. The van der Waals surface area contributed by atoms with E-state index >= 15 is 0 Å². The first kappa shape index (κ1) is 14.9. The van der Waals surface area contributed by atoms with Gasteiger partial charge in [0.05, 0.1) is 6.04 Å². The maximum absolute atomic E-state index is 12.7. The first-order chi connectivity index (χ1) is 10.1. The molecule has 2 saturated heterocycles. The van der Waals surface area contributed by atoms with Crippen molar-refractivity contribution in [1.29, 1.82) is 0 Å². The molecule has 1 unspecified atom stereocenters. The van der Waals surface area contributed by atoms with Crippen LogP contribution in [0.4, 0.5) is 4.79 Å². The van der Waals surface area contributed by atoms with Crippen LogP contribution in [0.3, 0.4) is 0 Å². The van der Waals surface area contributed by atoms with Gasteiger partial charge in [0.1, 0.15) is 0 Å². The SMILES string of the molecule is O=C(C1CCC(Cl)CC1)N1CCCC(N2CCNC2=O)C1. The second-order valence-electron chi connectivity index (χ2n) is 6.45. The largest absolute Gasteiger partial charge is 0.340 e.